The van der Waals surface area contributed by atoms with E-state index in [9.17, 15) is 18.0 Å². The lowest BCUT2D eigenvalue weighted by Crippen LogP contribution is -2.49. The van der Waals surface area contributed by atoms with E-state index in [1.165, 1.54) is 25.3 Å². The number of benzene rings is 1. The minimum Gasteiger partial charge on any atom is -0.496 e. The molecule has 0 aromatic heterocycles. The number of likely N-dealkylation sites (tertiary alicyclic amines) is 1. The molecule has 0 unspecified atom stereocenters. The second-order valence-electron chi connectivity index (χ2n) is 7.70. The monoisotopic (exact) mass is 397 g/mol. The molecule has 1 aliphatic rings. The van der Waals surface area contributed by atoms with Crippen LogP contribution in [0, 0.1) is 5.41 Å². The van der Waals surface area contributed by atoms with Crippen LogP contribution in [0.5, 0.6) is 5.75 Å². The average molecular weight is 397 g/mol. The maximum Gasteiger partial charge on any atom is 0.255 e. The van der Waals surface area contributed by atoms with Gasteiger partial charge in [0.15, 0.2) is 0 Å². The molecular formula is C18H27N3O5S. The molecule has 1 aromatic carbocycles. The number of methoxy groups -OCH3 is 1. The number of hydrogen-bond acceptors (Lipinski definition) is 5. The maximum atomic E-state index is 12.6. The zero-order chi connectivity index (χ0) is 20.4. The smallest absolute Gasteiger partial charge is 0.255 e. The van der Waals surface area contributed by atoms with Crippen LogP contribution in [0.25, 0.3) is 0 Å². The van der Waals surface area contributed by atoms with Gasteiger partial charge in [0.1, 0.15) is 5.75 Å². The summed E-state index contributed by atoms with van der Waals surface area (Å²) in [7, 11) is -2.53. The van der Waals surface area contributed by atoms with E-state index in [0.29, 0.717) is 25.9 Å². The molecule has 1 fully saturated rings. The lowest BCUT2D eigenvalue weighted by molar-refractivity contribution is -0.140. The molecule has 150 valence electrons. The lowest BCUT2D eigenvalue weighted by Gasteiger charge is -2.36. The van der Waals surface area contributed by atoms with Gasteiger partial charge in [-0.05, 0) is 31.0 Å². The van der Waals surface area contributed by atoms with Crippen molar-refractivity contribution < 1.29 is 22.7 Å². The molecule has 1 aromatic rings. The van der Waals surface area contributed by atoms with Crippen molar-refractivity contribution in [2.45, 2.75) is 44.6 Å². The van der Waals surface area contributed by atoms with Gasteiger partial charge in [-0.15, -0.1) is 0 Å². The fourth-order valence-electron chi connectivity index (χ4n) is 3.01. The second kappa shape index (κ2) is 7.85. The molecule has 1 heterocycles. The van der Waals surface area contributed by atoms with E-state index >= 15 is 0 Å². The van der Waals surface area contributed by atoms with Crippen LogP contribution in [0.1, 0.15) is 44.0 Å². The highest BCUT2D eigenvalue weighted by atomic mass is 32.2. The number of piperidine rings is 1. The van der Waals surface area contributed by atoms with Gasteiger partial charge in [-0.1, -0.05) is 20.8 Å². The van der Waals surface area contributed by atoms with Crippen molar-refractivity contribution in [3.8, 4) is 5.75 Å². The van der Waals surface area contributed by atoms with Gasteiger partial charge in [0.2, 0.25) is 15.9 Å². The zero-order valence-corrected chi connectivity index (χ0v) is 16.9. The molecule has 0 saturated carbocycles. The molecule has 0 radical (unpaired) electrons. The SMILES string of the molecule is COc1ccc(S(N)(=O)=O)cc1C(=O)NC1CCN(C(=O)C(C)(C)C)CC1. The molecular weight excluding hydrogens is 370 g/mol. The second-order valence-corrected chi connectivity index (χ2v) is 9.26. The van der Waals surface area contributed by atoms with Crippen molar-refractivity contribution in [3.63, 3.8) is 0 Å². The topological polar surface area (TPSA) is 119 Å². The zero-order valence-electron chi connectivity index (χ0n) is 16.1. The Balaban J connectivity index is 2.07. The number of rotatable bonds is 4. The van der Waals surface area contributed by atoms with Crippen LogP contribution in [0.4, 0.5) is 0 Å². The number of carbonyl (C=O) groups excluding carboxylic acids is 2. The predicted octanol–water partition coefficient (Wildman–Crippen LogP) is 1.11. The third-order valence-electron chi connectivity index (χ3n) is 4.50. The first-order valence-electron chi connectivity index (χ1n) is 8.74. The molecule has 27 heavy (non-hydrogen) atoms. The van der Waals surface area contributed by atoms with Gasteiger partial charge >= 0.3 is 0 Å². The number of amides is 2. The first-order valence-corrected chi connectivity index (χ1v) is 10.3. The molecule has 3 N–H and O–H groups in total. The average Bonchev–Trinajstić information content (AvgIpc) is 2.59. The predicted molar refractivity (Wildman–Crippen MR) is 101 cm³/mol. The van der Waals surface area contributed by atoms with Crippen molar-refractivity contribution in [2.75, 3.05) is 20.2 Å². The summed E-state index contributed by atoms with van der Waals surface area (Å²) in [5.41, 5.74) is -0.324. The van der Waals surface area contributed by atoms with Gasteiger partial charge < -0.3 is 15.0 Å². The summed E-state index contributed by atoms with van der Waals surface area (Å²) in [4.78, 5) is 26.6. The van der Waals surface area contributed by atoms with Crippen LogP contribution in [-0.2, 0) is 14.8 Å². The van der Waals surface area contributed by atoms with E-state index in [1.54, 1.807) is 0 Å². The Kier molecular flexibility index (Phi) is 6.16. The van der Waals surface area contributed by atoms with E-state index in [4.69, 9.17) is 9.88 Å². The first kappa shape index (κ1) is 21.2. The number of hydrogen-bond donors (Lipinski definition) is 2. The Labute approximate surface area is 160 Å². The number of nitrogens with two attached hydrogens (primary N) is 1. The molecule has 0 bridgehead atoms. The van der Waals surface area contributed by atoms with Crippen LogP contribution in [0.15, 0.2) is 23.1 Å². The van der Waals surface area contributed by atoms with Gasteiger partial charge in [0, 0.05) is 24.5 Å². The molecule has 8 nitrogen and oxygen atoms in total. The molecule has 1 aliphatic heterocycles. The van der Waals surface area contributed by atoms with Crippen LogP contribution in [0.2, 0.25) is 0 Å². The Morgan fingerprint density at radius 3 is 2.30 bits per heavy atom. The summed E-state index contributed by atoms with van der Waals surface area (Å²) in [5.74, 6) is -0.0759. The van der Waals surface area contributed by atoms with Crippen molar-refractivity contribution >= 4 is 21.8 Å². The van der Waals surface area contributed by atoms with E-state index in [-0.39, 0.29) is 28.2 Å². The first-order chi connectivity index (χ1) is 12.4. The van der Waals surface area contributed by atoms with Crippen molar-refractivity contribution in [3.05, 3.63) is 23.8 Å². The van der Waals surface area contributed by atoms with E-state index < -0.39 is 21.3 Å². The normalized spacial score (nSPS) is 16.1. The summed E-state index contributed by atoms with van der Waals surface area (Å²) < 4.78 is 28.3. The number of nitrogens with zero attached hydrogens (tertiary/aromatic N) is 1. The lowest BCUT2D eigenvalue weighted by atomic mass is 9.93. The molecule has 2 amide bonds. The van der Waals surface area contributed by atoms with Crippen LogP contribution in [0.3, 0.4) is 0 Å². The number of nitrogens with one attached hydrogen (secondary N) is 1. The summed E-state index contributed by atoms with van der Waals surface area (Å²) in [6.07, 6.45) is 1.26. The van der Waals surface area contributed by atoms with Crippen LogP contribution < -0.4 is 15.2 Å². The van der Waals surface area contributed by atoms with E-state index in [0.717, 1.165) is 0 Å². The third-order valence-corrected chi connectivity index (χ3v) is 5.41. The maximum absolute atomic E-state index is 12.6. The number of sulfonamides is 1. The number of carbonyl (C=O) groups is 2. The highest BCUT2D eigenvalue weighted by Crippen LogP contribution is 2.24. The molecule has 0 spiro atoms. The number of ether oxygens (including phenoxy) is 1. The summed E-state index contributed by atoms with van der Waals surface area (Å²) in [6, 6.07) is 3.80. The largest absolute Gasteiger partial charge is 0.496 e. The highest BCUT2D eigenvalue weighted by Gasteiger charge is 2.31. The molecule has 9 heteroatoms. The minimum atomic E-state index is -3.93. The Morgan fingerprint density at radius 1 is 1.22 bits per heavy atom. The standard InChI is InChI=1S/C18H27N3O5S/c1-18(2,3)17(23)21-9-7-12(8-10-21)20-16(22)14-11-13(27(19,24)25)5-6-15(14)26-4/h5-6,11-12H,7-10H2,1-4H3,(H,20,22)(H2,19,24,25). The third kappa shape index (κ3) is 5.20. The van der Waals surface area contributed by atoms with Gasteiger partial charge in [0.25, 0.3) is 5.91 Å². The fourth-order valence-corrected chi connectivity index (χ4v) is 3.55. The summed E-state index contributed by atoms with van der Waals surface area (Å²) in [6.45, 7) is 6.78. The Hall–Kier alpha value is -2.13. The molecule has 2 rings (SSSR count). The van der Waals surface area contributed by atoms with Gasteiger partial charge in [-0.2, -0.15) is 0 Å². The molecule has 1 saturated heterocycles. The van der Waals surface area contributed by atoms with Gasteiger partial charge in [0.05, 0.1) is 17.6 Å². The summed E-state index contributed by atoms with van der Waals surface area (Å²) >= 11 is 0. The Bertz CT molecular complexity index is 822. The summed E-state index contributed by atoms with van der Waals surface area (Å²) in [5, 5.41) is 8.04. The highest BCUT2D eigenvalue weighted by molar-refractivity contribution is 7.89. The van der Waals surface area contributed by atoms with E-state index in [2.05, 4.69) is 5.32 Å². The molecule has 0 atom stereocenters. The van der Waals surface area contributed by atoms with Crippen LogP contribution >= 0.6 is 0 Å². The fraction of sp³-hybridized carbons (Fsp3) is 0.556. The minimum absolute atomic E-state index is 0.0924. The van der Waals surface area contributed by atoms with E-state index in [1.807, 2.05) is 25.7 Å². The van der Waals surface area contributed by atoms with Crippen molar-refractivity contribution in [2.24, 2.45) is 10.6 Å². The quantitative estimate of drug-likeness (QED) is 0.789. The van der Waals surface area contributed by atoms with Crippen molar-refractivity contribution in [1.29, 1.82) is 0 Å². The number of primary sulfonamides is 1. The van der Waals surface area contributed by atoms with Crippen molar-refractivity contribution in [1.82, 2.24) is 10.2 Å². The Morgan fingerprint density at radius 2 is 1.81 bits per heavy atom. The van der Waals surface area contributed by atoms with Crippen LogP contribution in [-0.4, -0.2) is 51.4 Å². The van der Waals surface area contributed by atoms with Gasteiger partial charge in [-0.25, -0.2) is 13.6 Å². The molecule has 0 aliphatic carbocycles. The van der Waals surface area contributed by atoms with Gasteiger partial charge in [-0.3, -0.25) is 9.59 Å².